The zero-order valence-corrected chi connectivity index (χ0v) is 13.4. The number of rotatable bonds is 5. The fourth-order valence-corrected chi connectivity index (χ4v) is 2.60. The normalized spacial score (nSPS) is 10.9. The molecule has 3 heterocycles. The Morgan fingerprint density at radius 3 is 2.80 bits per heavy atom. The summed E-state index contributed by atoms with van der Waals surface area (Å²) >= 11 is 0. The highest BCUT2D eigenvalue weighted by Gasteiger charge is 2.11. The number of amides is 1. The molecule has 1 aromatic carbocycles. The van der Waals surface area contributed by atoms with E-state index in [9.17, 15) is 4.79 Å². The van der Waals surface area contributed by atoms with Gasteiger partial charge in [0.1, 0.15) is 11.3 Å². The third kappa shape index (κ3) is 3.28. The van der Waals surface area contributed by atoms with Crippen molar-refractivity contribution >= 4 is 16.9 Å². The second-order valence-corrected chi connectivity index (χ2v) is 5.58. The monoisotopic (exact) mass is 332 g/mol. The van der Waals surface area contributed by atoms with Crippen molar-refractivity contribution < 1.29 is 9.21 Å². The third-order valence-electron chi connectivity index (χ3n) is 3.84. The van der Waals surface area contributed by atoms with E-state index in [1.54, 1.807) is 16.9 Å². The summed E-state index contributed by atoms with van der Waals surface area (Å²) in [5.74, 6) is 0.0872. The summed E-state index contributed by atoms with van der Waals surface area (Å²) in [4.78, 5) is 16.5. The van der Waals surface area contributed by atoms with Crippen LogP contribution in [0.25, 0.3) is 22.4 Å². The van der Waals surface area contributed by atoms with Gasteiger partial charge in [-0.1, -0.05) is 24.3 Å². The van der Waals surface area contributed by atoms with Crippen LogP contribution >= 0.6 is 0 Å². The minimum Gasteiger partial charge on any atom is -0.451 e. The highest BCUT2D eigenvalue weighted by molar-refractivity contribution is 5.96. The van der Waals surface area contributed by atoms with Gasteiger partial charge < -0.3 is 9.73 Å². The first kappa shape index (κ1) is 15.1. The van der Waals surface area contributed by atoms with Crippen molar-refractivity contribution in [2.24, 2.45) is 0 Å². The second kappa shape index (κ2) is 6.60. The van der Waals surface area contributed by atoms with Crippen LogP contribution in [0.2, 0.25) is 0 Å². The maximum atomic E-state index is 12.2. The molecule has 1 amide bonds. The number of pyridine rings is 1. The molecule has 0 atom stereocenters. The Bertz CT molecular complexity index is 971. The van der Waals surface area contributed by atoms with Crippen molar-refractivity contribution in [3.63, 3.8) is 0 Å². The average molecular weight is 332 g/mol. The molecular weight excluding hydrogens is 316 g/mol. The molecule has 0 saturated heterocycles. The summed E-state index contributed by atoms with van der Waals surface area (Å²) in [7, 11) is 0. The fraction of sp³-hybridized carbons (Fsp3) is 0.105. The molecule has 6 heteroatoms. The third-order valence-corrected chi connectivity index (χ3v) is 3.84. The molecular formula is C19H16N4O2. The molecule has 0 bridgehead atoms. The Labute approximate surface area is 144 Å². The van der Waals surface area contributed by atoms with E-state index in [1.807, 2.05) is 54.7 Å². The van der Waals surface area contributed by atoms with Crippen LogP contribution in [0.15, 0.2) is 71.4 Å². The largest absolute Gasteiger partial charge is 0.451 e. The molecule has 3 aromatic heterocycles. The number of nitrogens with zero attached hydrogens (tertiary/aromatic N) is 3. The molecule has 25 heavy (non-hydrogen) atoms. The maximum absolute atomic E-state index is 12.2. The van der Waals surface area contributed by atoms with Gasteiger partial charge in [0, 0.05) is 24.3 Å². The van der Waals surface area contributed by atoms with Crippen LogP contribution in [0.5, 0.6) is 0 Å². The number of hydrogen-bond acceptors (Lipinski definition) is 4. The molecule has 0 aliphatic rings. The van der Waals surface area contributed by atoms with Gasteiger partial charge in [-0.3, -0.25) is 14.5 Å². The van der Waals surface area contributed by atoms with Crippen molar-refractivity contribution in [1.82, 2.24) is 20.1 Å². The lowest BCUT2D eigenvalue weighted by Crippen LogP contribution is -2.27. The minimum absolute atomic E-state index is 0.228. The number of hydrogen-bond donors (Lipinski definition) is 1. The molecule has 4 rings (SSSR count). The summed E-state index contributed by atoms with van der Waals surface area (Å²) in [6.45, 7) is 1.03. The van der Waals surface area contributed by atoms with Crippen LogP contribution in [0, 0.1) is 0 Å². The average Bonchev–Trinajstić information content (AvgIpc) is 3.29. The number of nitrogens with one attached hydrogen (secondary N) is 1. The zero-order valence-electron chi connectivity index (χ0n) is 13.4. The van der Waals surface area contributed by atoms with Gasteiger partial charge in [-0.15, -0.1) is 0 Å². The molecule has 1 N–H and O–H groups in total. The Balaban J connectivity index is 1.36. The topological polar surface area (TPSA) is 73.0 Å². The molecule has 0 aliphatic heterocycles. The van der Waals surface area contributed by atoms with E-state index >= 15 is 0 Å². The van der Waals surface area contributed by atoms with E-state index in [1.165, 1.54) is 0 Å². The van der Waals surface area contributed by atoms with Gasteiger partial charge in [0.05, 0.1) is 12.2 Å². The Kier molecular flexibility index (Phi) is 4.00. The van der Waals surface area contributed by atoms with Gasteiger partial charge >= 0.3 is 0 Å². The molecule has 0 saturated carbocycles. The Hall–Kier alpha value is -3.41. The van der Waals surface area contributed by atoms with Crippen molar-refractivity contribution in [3.8, 4) is 11.4 Å². The number of aromatic nitrogens is 3. The van der Waals surface area contributed by atoms with E-state index in [-0.39, 0.29) is 5.91 Å². The molecule has 0 spiro atoms. The highest BCUT2D eigenvalue weighted by Crippen LogP contribution is 2.18. The molecule has 0 unspecified atom stereocenters. The number of carbonyl (C=O) groups is 1. The molecule has 6 nitrogen and oxygen atoms in total. The molecule has 4 aromatic rings. The van der Waals surface area contributed by atoms with Crippen molar-refractivity contribution in [2.45, 2.75) is 6.54 Å². The fourth-order valence-electron chi connectivity index (χ4n) is 2.60. The van der Waals surface area contributed by atoms with Crippen molar-refractivity contribution in [1.29, 1.82) is 0 Å². The van der Waals surface area contributed by atoms with E-state index < -0.39 is 0 Å². The zero-order chi connectivity index (χ0) is 17.1. The van der Waals surface area contributed by atoms with Crippen LogP contribution in [-0.4, -0.2) is 27.2 Å². The summed E-state index contributed by atoms with van der Waals surface area (Å²) in [5, 5.41) is 8.23. The van der Waals surface area contributed by atoms with Gasteiger partial charge in [0.25, 0.3) is 5.91 Å². The second-order valence-electron chi connectivity index (χ2n) is 5.58. The first-order valence-electron chi connectivity index (χ1n) is 8.01. The van der Waals surface area contributed by atoms with Gasteiger partial charge in [-0.05, 0) is 30.3 Å². The lowest BCUT2D eigenvalue weighted by atomic mass is 10.2. The van der Waals surface area contributed by atoms with Gasteiger partial charge in [-0.2, -0.15) is 5.10 Å². The standard InChI is InChI=1S/C19H16N4O2/c24-19(18-13-14-5-1-2-7-17(14)25-18)21-10-12-23-11-8-16(22-23)15-6-3-4-9-20-15/h1-9,11,13H,10,12H2,(H,21,24). The van der Waals surface area contributed by atoms with Gasteiger partial charge in [0.2, 0.25) is 0 Å². The Morgan fingerprint density at radius 2 is 1.96 bits per heavy atom. The number of benzene rings is 1. The number of para-hydroxylation sites is 1. The summed E-state index contributed by atoms with van der Waals surface area (Å²) < 4.78 is 7.33. The molecule has 0 fully saturated rings. The Morgan fingerprint density at radius 1 is 1.08 bits per heavy atom. The van der Waals surface area contributed by atoms with E-state index in [0.29, 0.717) is 24.4 Å². The summed E-state index contributed by atoms with van der Waals surface area (Å²) in [6.07, 6.45) is 3.61. The van der Waals surface area contributed by atoms with Gasteiger partial charge in [0.15, 0.2) is 5.76 Å². The summed E-state index contributed by atoms with van der Waals surface area (Å²) in [6, 6.07) is 16.9. The van der Waals surface area contributed by atoms with E-state index in [0.717, 1.165) is 16.8 Å². The first-order valence-corrected chi connectivity index (χ1v) is 8.01. The molecule has 124 valence electrons. The lowest BCUT2D eigenvalue weighted by molar-refractivity contribution is 0.0926. The number of fused-ring (bicyclic) bond motifs is 1. The number of furan rings is 1. The highest BCUT2D eigenvalue weighted by atomic mass is 16.3. The smallest absolute Gasteiger partial charge is 0.287 e. The van der Waals surface area contributed by atoms with Crippen molar-refractivity contribution in [2.75, 3.05) is 6.54 Å². The van der Waals surface area contributed by atoms with E-state index in [2.05, 4.69) is 15.4 Å². The van der Waals surface area contributed by atoms with Crippen molar-refractivity contribution in [3.05, 3.63) is 72.8 Å². The van der Waals surface area contributed by atoms with Crippen LogP contribution < -0.4 is 5.32 Å². The first-order chi connectivity index (χ1) is 12.3. The molecule has 0 aliphatic carbocycles. The predicted octanol–water partition coefficient (Wildman–Crippen LogP) is 3.12. The SMILES string of the molecule is O=C(NCCn1ccc(-c2ccccn2)n1)c1cc2ccccc2o1. The quantitative estimate of drug-likeness (QED) is 0.609. The van der Waals surface area contributed by atoms with Crippen LogP contribution in [0.3, 0.4) is 0 Å². The predicted molar refractivity (Wildman–Crippen MR) is 94.0 cm³/mol. The van der Waals surface area contributed by atoms with Crippen LogP contribution in [0.1, 0.15) is 10.6 Å². The van der Waals surface area contributed by atoms with Crippen LogP contribution in [-0.2, 0) is 6.54 Å². The molecule has 0 radical (unpaired) electrons. The van der Waals surface area contributed by atoms with Gasteiger partial charge in [-0.25, -0.2) is 0 Å². The van der Waals surface area contributed by atoms with Crippen LogP contribution in [0.4, 0.5) is 0 Å². The minimum atomic E-state index is -0.228. The maximum Gasteiger partial charge on any atom is 0.287 e. The lowest BCUT2D eigenvalue weighted by Gasteiger charge is -2.03. The number of carbonyl (C=O) groups excluding carboxylic acids is 1. The van der Waals surface area contributed by atoms with E-state index in [4.69, 9.17) is 4.42 Å². The summed E-state index contributed by atoms with van der Waals surface area (Å²) in [5.41, 5.74) is 2.34.